The normalized spacial score (nSPS) is 24.4. The summed E-state index contributed by atoms with van der Waals surface area (Å²) < 4.78 is 12.3. The minimum absolute atomic E-state index is 0.295. The Morgan fingerprint density at radius 1 is 1.53 bits per heavy atom. The van der Waals surface area contributed by atoms with E-state index in [0.29, 0.717) is 18.1 Å². The number of halogens is 1. The van der Waals surface area contributed by atoms with Crippen molar-refractivity contribution in [1.82, 2.24) is 5.32 Å². The molecule has 0 amide bonds. The van der Waals surface area contributed by atoms with E-state index in [0.717, 1.165) is 29.7 Å². The van der Waals surface area contributed by atoms with Crippen LogP contribution in [0.1, 0.15) is 18.9 Å². The molecule has 0 aliphatic carbocycles. The Kier molecular flexibility index (Phi) is 5.25. The van der Waals surface area contributed by atoms with Crippen molar-refractivity contribution in [3.8, 4) is 5.75 Å². The molecule has 19 heavy (non-hydrogen) atoms. The fraction of sp³-hybridized carbons (Fsp3) is 0.600. The van der Waals surface area contributed by atoms with Crippen LogP contribution in [0, 0.1) is 5.92 Å². The minimum Gasteiger partial charge on any atom is -0.497 e. The summed E-state index contributed by atoms with van der Waals surface area (Å²) in [4.78, 5) is 0. The van der Waals surface area contributed by atoms with Gasteiger partial charge in [0.2, 0.25) is 0 Å². The van der Waals surface area contributed by atoms with Crippen molar-refractivity contribution in [2.45, 2.75) is 31.9 Å². The summed E-state index contributed by atoms with van der Waals surface area (Å²) in [6, 6.07) is 6.44. The first-order chi connectivity index (χ1) is 9.15. The van der Waals surface area contributed by atoms with Gasteiger partial charge < -0.3 is 14.8 Å². The summed E-state index contributed by atoms with van der Waals surface area (Å²) in [5.41, 5.74) is 1.25. The van der Waals surface area contributed by atoms with Crippen LogP contribution in [0.2, 0.25) is 0 Å². The first-order valence-electron chi connectivity index (χ1n) is 6.77. The molecule has 1 N–H and O–H groups in total. The lowest BCUT2D eigenvalue weighted by Crippen LogP contribution is -2.42. The summed E-state index contributed by atoms with van der Waals surface area (Å²) in [7, 11) is 3.71. The van der Waals surface area contributed by atoms with Gasteiger partial charge in [-0.2, -0.15) is 0 Å². The number of hydrogen-bond acceptors (Lipinski definition) is 3. The molecule has 3 atom stereocenters. The summed E-state index contributed by atoms with van der Waals surface area (Å²) in [5.74, 6) is 1.51. The standard InChI is InChI=1S/C15H22BrNO2/c1-10-6-7-19-15(10)14(17-2)9-11-8-12(18-3)4-5-13(11)16/h4-5,8,10,14-15,17H,6-7,9H2,1-3H3. The van der Waals surface area contributed by atoms with Crippen molar-refractivity contribution in [3.05, 3.63) is 28.2 Å². The molecule has 3 unspecified atom stereocenters. The Balaban J connectivity index is 2.13. The molecule has 1 saturated heterocycles. The second-order valence-corrected chi connectivity index (χ2v) is 6.01. The lowest BCUT2D eigenvalue weighted by molar-refractivity contribution is 0.0633. The third kappa shape index (κ3) is 3.50. The van der Waals surface area contributed by atoms with Crippen LogP contribution in [0.5, 0.6) is 5.75 Å². The molecule has 0 aromatic heterocycles. The van der Waals surface area contributed by atoms with Gasteiger partial charge in [0.05, 0.1) is 13.2 Å². The van der Waals surface area contributed by atoms with Crippen LogP contribution in [0.15, 0.2) is 22.7 Å². The van der Waals surface area contributed by atoms with Gasteiger partial charge in [0.25, 0.3) is 0 Å². The third-order valence-corrected chi connectivity index (χ3v) is 4.68. The molecule has 1 heterocycles. The molecular formula is C15H22BrNO2. The van der Waals surface area contributed by atoms with Crippen LogP contribution in [-0.4, -0.2) is 32.9 Å². The molecule has 0 saturated carbocycles. The molecule has 4 heteroatoms. The number of hydrogen-bond donors (Lipinski definition) is 1. The second kappa shape index (κ2) is 6.73. The van der Waals surface area contributed by atoms with E-state index in [-0.39, 0.29) is 0 Å². The summed E-state index contributed by atoms with van der Waals surface area (Å²) in [5, 5.41) is 3.40. The molecule has 2 rings (SSSR count). The van der Waals surface area contributed by atoms with Crippen molar-refractivity contribution in [2.24, 2.45) is 5.92 Å². The highest BCUT2D eigenvalue weighted by molar-refractivity contribution is 9.10. The first-order valence-corrected chi connectivity index (χ1v) is 7.56. The maximum atomic E-state index is 5.88. The van der Waals surface area contributed by atoms with Crippen LogP contribution in [0.4, 0.5) is 0 Å². The molecule has 1 fully saturated rings. The van der Waals surface area contributed by atoms with E-state index < -0.39 is 0 Å². The van der Waals surface area contributed by atoms with Gasteiger partial charge in [-0.1, -0.05) is 22.9 Å². The average Bonchev–Trinajstić information content (AvgIpc) is 2.84. The van der Waals surface area contributed by atoms with Crippen molar-refractivity contribution in [1.29, 1.82) is 0 Å². The van der Waals surface area contributed by atoms with E-state index >= 15 is 0 Å². The molecule has 0 bridgehead atoms. The number of benzene rings is 1. The molecule has 3 nitrogen and oxygen atoms in total. The summed E-state index contributed by atoms with van der Waals surface area (Å²) in [6.07, 6.45) is 2.38. The number of likely N-dealkylation sites (N-methyl/N-ethyl adjacent to an activating group) is 1. The fourth-order valence-electron chi connectivity index (χ4n) is 2.69. The maximum Gasteiger partial charge on any atom is 0.119 e. The second-order valence-electron chi connectivity index (χ2n) is 5.16. The van der Waals surface area contributed by atoms with E-state index in [1.807, 2.05) is 19.2 Å². The van der Waals surface area contributed by atoms with Crippen molar-refractivity contribution >= 4 is 15.9 Å². The van der Waals surface area contributed by atoms with Gasteiger partial charge in [0, 0.05) is 17.1 Å². The van der Waals surface area contributed by atoms with E-state index in [9.17, 15) is 0 Å². The number of nitrogens with one attached hydrogen (secondary N) is 1. The highest BCUT2D eigenvalue weighted by Crippen LogP contribution is 2.28. The molecule has 106 valence electrons. The van der Waals surface area contributed by atoms with E-state index in [1.165, 1.54) is 5.56 Å². The smallest absolute Gasteiger partial charge is 0.119 e. The van der Waals surface area contributed by atoms with Gasteiger partial charge in [-0.15, -0.1) is 0 Å². The van der Waals surface area contributed by atoms with Crippen LogP contribution in [-0.2, 0) is 11.2 Å². The minimum atomic E-state index is 0.295. The zero-order valence-electron chi connectivity index (χ0n) is 11.8. The van der Waals surface area contributed by atoms with Crippen LogP contribution < -0.4 is 10.1 Å². The highest BCUT2D eigenvalue weighted by atomic mass is 79.9. The lowest BCUT2D eigenvalue weighted by Gasteiger charge is -2.26. The van der Waals surface area contributed by atoms with Gasteiger partial charge in [-0.25, -0.2) is 0 Å². The van der Waals surface area contributed by atoms with E-state index in [2.05, 4.69) is 34.2 Å². The molecule has 1 aromatic rings. The number of methoxy groups -OCH3 is 1. The molecule has 1 aliphatic rings. The zero-order valence-corrected chi connectivity index (χ0v) is 13.4. The van der Waals surface area contributed by atoms with Gasteiger partial charge in [0.15, 0.2) is 0 Å². The average molecular weight is 328 g/mol. The molecule has 1 aliphatic heterocycles. The Labute approximate surface area is 123 Å². The Morgan fingerprint density at radius 2 is 2.32 bits per heavy atom. The maximum absolute atomic E-state index is 5.88. The van der Waals surface area contributed by atoms with E-state index in [1.54, 1.807) is 7.11 Å². The first kappa shape index (κ1) is 14.8. The lowest BCUT2D eigenvalue weighted by atomic mass is 9.93. The highest BCUT2D eigenvalue weighted by Gasteiger charge is 2.31. The molecular weight excluding hydrogens is 306 g/mol. The van der Waals surface area contributed by atoms with Gasteiger partial charge in [-0.3, -0.25) is 0 Å². The predicted octanol–water partition coefficient (Wildman–Crippen LogP) is 3.01. The Morgan fingerprint density at radius 3 is 2.89 bits per heavy atom. The van der Waals surface area contributed by atoms with Crippen molar-refractivity contribution < 1.29 is 9.47 Å². The summed E-state index contributed by atoms with van der Waals surface area (Å²) in [6.45, 7) is 3.14. The van der Waals surface area contributed by atoms with Crippen LogP contribution in [0.3, 0.4) is 0 Å². The van der Waals surface area contributed by atoms with Crippen LogP contribution in [0.25, 0.3) is 0 Å². The third-order valence-electron chi connectivity index (χ3n) is 3.90. The van der Waals surface area contributed by atoms with Crippen LogP contribution >= 0.6 is 15.9 Å². The monoisotopic (exact) mass is 327 g/mol. The zero-order chi connectivity index (χ0) is 13.8. The number of rotatable bonds is 5. The fourth-order valence-corrected chi connectivity index (χ4v) is 3.09. The van der Waals surface area contributed by atoms with Gasteiger partial charge in [-0.05, 0) is 49.6 Å². The summed E-state index contributed by atoms with van der Waals surface area (Å²) >= 11 is 3.62. The Hall–Kier alpha value is -0.580. The Bertz CT molecular complexity index is 425. The van der Waals surface area contributed by atoms with Gasteiger partial charge >= 0.3 is 0 Å². The van der Waals surface area contributed by atoms with Gasteiger partial charge in [0.1, 0.15) is 5.75 Å². The van der Waals surface area contributed by atoms with E-state index in [4.69, 9.17) is 9.47 Å². The molecule has 1 aromatic carbocycles. The molecule has 0 radical (unpaired) electrons. The molecule has 0 spiro atoms. The quantitative estimate of drug-likeness (QED) is 0.901. The largest absolute Gasteiger partial charge is 0.497 e. The number of ether oxygens (including phenoxy) is 2. The van der Waals surface area contributed by atoms with Crippen molar-refractivity contribution in [3.63, 3.8) is 0 Å². The topological polar surface area (TPSA) is 30.5 Å². The van der Waals surface area contributed by atoms with Crippen molar-refractivity contribution in [2.75, 3.05) is 20.8 Å². The predicted molar refractivity (Wildman–Crippen MR) is 80.8 cm³/mol. The SMILES string of the molecule is CNC(Cc1cc(OC)ccc1Br)C1OCCC1C.